The van der Waals surface area contributed by atoms with E-state index in [4.69, 9.17) is 0 Å². The molecule has 3 rings (SSSR count). The van der Waals surface area contributed by atoms with Crippen molar-refractivity contribution in [1.29, 1.82) is 0 Å². The lowest BCUT2D eigenvalue weighted by Crippen LogP contribution is -2.15. The Morgan fingerprint density at radius 3 is 2.54 bits per heavy atom. The molecule has 2 aromatic carbocycles. The zero-order valence-corrected chi connectivity index (χ0v) is 13.6. The summed E-state index contributed by atoms with van der Waals surface area (Å²) >= 11 is 0. The predicted octanol–water partition coefficient (Wildman–Crippen LogP) is 1.76. The first-order chi connectivity index (χ1) is 11.6. The van der Waals surface area contributed by atoms with Crippen LogP contribution in [0.3, 0.4) is 0 Å². The second kappa shape index (κ2) is 6.96. The minimum Gasteiger partial charge on any atom is -0.342 e. The normalized spacial score (nSPS) is 10.2. The molecule has 0 aliphatic rings. The lowest BCUT2D eigenvalue weighted by molar-refractivity contribution is 0.102. The molecule has 1 aromatic heterocycles. The van der Waals surface area contributed by atoms with Gasteiger partial charge in [0.1, 0.15) is 14.2 Å². The molecule has 0 radical (unpaired) electrons. The molecule has 0 saturated heterocycles. The van der Waals surface area contributed by atoms with Crippen LogP contribution in [0, 0.1) is 0 Å². The molecule has 118 valence electrons. The van der Waals surface area contributed by atoms with E-state index in [0.29, 0.717) is 5.56 Å². The number of benzene rings is 2. The Kier molecular flexibility index (Phi) is 4.56. The second-order valence-corrected chi connectivity index (χ2v) is 5.53. The van der Waals surface area contributed by atoms with Crippen molar-refractivity contribution in [3.05, 3.63) is 72.8 Å². The van der Waals surface area contributed by atoms with E-state index in [9.17, 15) is 4.79 Å². The van der Waals surface area contributed by atoms with E-state index in [1.165, 1.54) is 6.33 Å². The van der Waals surface area contributed by atoms with Crippen LogP contribution in [0.25, 0.3) is 0 Å². The Morgan fingerprint density at radius 1 is 1.04 bits per heavy atom. The van der Waals surface area contributed by atoms with Crippen LogP contribution in [-0.2, 0) is 0 Å². The molecule has 0 unspecified atom stereocenters. The third-order valence-corrected chi connectivity index (χ3v) is 3.71. The molecule has 0 aliphatic carbocycles. The maximum atomic E-state index is 12.4. The number of hydrogen-bond acceptors (Lipinski definition) is 4. The van der Waals surface area contributed by atoms with E-state index in [2.05, 4.69) is 15.3 Å². The summed E-state index contributed by atoms with van der Waals surface area (Å²) < 4.78 is 0. The molecule has 0 saturated carbocycles. The van der Waals surface area contributed by atoms with Crippen molar-refractivity contribution in [3.8, 4) is 0 Å². The quantitative estimate of drug-likeness (QED) is 0.745. The van der Waals surface area contributed by atoms with Crippen LogP contribution in [0.4, 0.5) is 17.1 Å². The molecular formula is C18H17BN4O. The van der Waals surface area contributed by atoms with Gasteiger partial charge in [-0.2, -0.15) is 0 Å². The monoisotopic (exact) mass is 316 g/mol. The number of rotatable bonds is 4. The van der Waals surface area contributed by atoms with E-state index in [1.807, 2.05) is 62.3 Å². The summed E-state index contributed by atoms with van der Waals surface area (Å²) in [7, 11) is 3.90. The molecule has 1 heterocycles. The number of amides is 1. The predicted molar refractivity (Wildman–Crippen MR) is 99.1 cm³/mol. The van der Waals surface area contributed by atoms with Gasteiger partial charge in [0, 0.05) is 24.0 Å². The molecule has 1 N–H and O–H groups in total. The minimum absolute atomic E-state index is 0.124. The number of anilines is 3. The molecule has 1 amide bonds. The van der Waals surface area contributed by atoms with Crippen LogP contribution in [0.2, 0.25) is 0 Å². The lowest BCUT2D eigenvalue weighted by Gasteiger charge is -2.19. The third-order valence-electron chi connectivity index (χ3n) is 3.71. The van der Waals surface area contributed by atoms with Crippen molar-refractivity contribution in [2.24, 2.45) is 0 Å². The standard InChI is InChI=1S/C18H17BN4O/c1-23(17-10-20-12-21-11-17)16-7-3-6-15(9-16)22-18(24)13-4-2-5-14(19)8-13/h2-12H,19H2,1H3,(H,22,24). The summed E-state index contributed by atoms with van der Waals surface area (Å²) in [6.45, 7) is 0. The van der Waals surface area contributed by atoms with Crippen molar-refractivity contribution in [2.45, 2.75) is 0 Å². The first-order valence-corrected chi connectivity index (χ1v) is 7.60. The van der Waals surface area contributed by atoms with Gasteiger partial charge in [-0.15, -0.1) is 0 Å². The van der Waals surface area contributed by atoms with Crippen molar-refractivity contribution in [2.75, 3.05) is 17.3 Å². The highest BCUT2D eigenvalue weighted by molar-refractivity contribution is 6.32. The summed E-state index contributed by atoms with van der Waals surface area (Å²) in [6, 6.07) is 15.2. The Hall–Kier alpha value is -3.15. The van der Waals surface area contributed by atoms with E-state index < -0.39 is 0 Å². The molecule has 6 heteroatoms. The number of carbonyl (C=O) groups is 1. The molecule has 0 atom stereocenters. The highest BCUT2D eigenvalue weighted by Gasteiger charge is 2.09. The van der Waals surface area contributed by atoms with E-state index in [-0.39, 0.29) is 5.91 Å². The molecule has 3 aromatic rings. The lowest BCUT2D eigenvalue weighted by atomic mass is 9.94. The van der Waals surface area contributed by atoms with Crippen molar-refractivity contribution in [1.82, 2.24) is 9.97 Å². The van der Waals surface area contributed by atoms with Gasteiger partial charge in [0.05, 0.1) is 18.1 Å². The molecular weight excluding hydrogens is 299 g/mol. The highest BCUT2D eigenvalue weighted by Crippen LogP contribution is 2.24. The average Bonchev–Trinajstić information content (AvgIpc) is 2.62. The third kappa shape index (κ3) is 3.60. The van der Waals surface area contributed by atoms with Gasteiger partial charge >= 0.3 is 0 Å². The molecule has 24 heavy (non-hydrogen) atoms. The smallest absolute Gasteiger partial charge is 0.255 e. The van der Waals surface area contributed by atoms with Crippen LogP contribution in [-0.4, -0.2) is 30.8 Å². The van der Waals surface area contributed by atoms with Crippen LogP contribution < -0.4 is 15.7 Å². The van der Waals surface area contributed by atoms with Crippen LogP contribution in [0.1, 0.15) is 10.4 Å². The number of nitrogens with zero attached hydrogens (tertiary/aromatic N) is 3. The zero-order valence-electron chi connectivity index (χ0n) is 13.6. The largest absolute Gasteiger partial charge is 0.342 e. The minimum atomic E-state index is -0.124. The molecule has 0 aliphatic heterocycles. The first kappa shape index (κ1) is 15.7. The zero-order chi connectivity index (χ0) is 16.9. The molecule has 0 fully saturated rings. The van der Waals surface area contributed by atoms with Crippen LogP contribution in [0.5, 0.6) is 0 Å². The van der Waals surface area contributed by atoms with Gasteiger partial charge in [0.2, 0.25) is 0 Å². The number of nitrogens with one attached hydrogen (secondary N) is 1. The topological polar surface area (TPSA) is 58.1 Å². The fraction of sp³-hybridized carbons (Fsp3) is 0.0556. The van der Waals surface area contributed by atoms with Crippen LogP contribution >= 0.6 is 0 Å². The summed E-state index contributed by atoms with van der Waals surface area (Å²) in [5.41, 5.74) is 4.25. The first-order valence-electron chi connectivity index (χ1n) is 7.60. The summed E-state index contributed by atoms with van der Waals surface area (Å²) in [5, 5.41) is 2.94. The van der Waals surface area contributed by atoms with Gasteiger partial charge in [-0.3, -0.25) is 4.79 Å². The molecule has 0 bridgehead atoms. The van der Waals surface area contributed by atoms with Gasteiger partial charge in [-0.25, -0.2) is 9.97 Å². The highest BCUT2D eigenvalue weighted by atomic mass is 16.1. The number of aromatic nitrogens is 2. The van der Waals surface area contributed by atoms with Gasteiger partial charge in [0.25, 0.3) is 5.91 Å². The summed E-state index contributed by atoms with van der Waals surface area (Å²) in [4.78, 5) is 22.4. The Balaban J connectivity index is 1.79. The van der Waals surface area contributed by atoms with Crippen molar-refractivity contribution in [3.63, 3.8) is 0 Å². The van der Waals surface area contributed by atoms with Gasteiger partial charge < -0.3 is 10.2 Å². The van der Waals surface area contributed by atoms with E-state index in [0.717, 1.165) is 22.5 Å². The SMILES string of the molecule is Bc1cccc(C(=O)Nc2cccc(N(C)c3cncnc3)c2)c1. The Bertz CT molecular complexity index is 854. The fourth-order valence-corrected chi connectivity index (χ4v) is 2.40. The van der Waals surface area contributed by atoms with Gasteiger partial charge in [-0.1, -0.05) is 29.7 Å². The van der Waals surface area contributed by atoms with E-state index >= 15 is 0 Å². The number of hydrogen-bond donors (Lipinski definition) is 1. The maximum Gasteiger partial charge on any atom is 0.255 e. The average molecular weight is 316 g/mol. The second-order valence-electron chi connectivity index (χ2n) is 5.53. The maximum absolute atomic E-state index is 12.4. The molecule has 0 spiro atoms. The molecule has 5 nitrogen and oxygen atoms in total. The van der Waals surface area contributed by atoms with Crippen molar-refractivity contribution >= 4 is 36.3 Å². The van der Waals surface area contributed by atoms with Crippen LogP contribution in [0.15, 0.2) is 67.3 Å². The van der Waals surface area contributed by atoms with E-state index in [1.54, 1.807) is 18.5 Å². The summed E-state index contributed by atoms with van der Waals surface area (Å²) in [5.74, 6) is -0.124. The van der Waals surface area contributed by atoms with Gasteiger partial charge in [0.15, 0.2) is 0 Å². The summed E-state index contributed by atoms with van der Waals surface area (Å²) in [6.07, 6.45) is 4.98. The van der Waals surface area contributed by atoms with Gasteiger partial charge in [-0.05, 0) is 24.3 Å². The van der Waals surface area contributed by atoms with Crippen molar-refractivity contribution < 1.29 is 4.79 Å². The number of carbonyl (C=O) groups excluding carboxylic acids is 1. The Labute approximate surface area is 141 Å². The Morgan fingerprint density at radius 2 is 1.79 bits per heavy atom. The fourth-order valence-electron chi connectivity index (χ4n) is 2.40.